The Hall–Kier alpha value is -0.0800. The Morgan fingerprint density at radius 2 is 1.76 bits per heavy atom. The molecule has 0 spiro atoms. The molecule has 2 aliphatic rings. The summed E-state index contributed by atoms with van der Waals surface area (Å²) in [7, 11) is 0. The van der Waals surface area contributed by atoms with Crippen LogP contribution in [0.1, 0.15) is 72.6 Å². The van der Waals surface area contributed by atoms with Gasteiger partial charge in [-0.15, -0.1) is 0 Å². The molecule has 0 aromatic carbocycles. The predicted molar refractivity (Wildman–Crippen MR) is 90.5 cm³/mol. The SMILES string of the molecule is CCCNC(C1CCC(C(C)(C)C)CC1)C1CCCOC1. The summed E-state index contributed by atoms with van der Waals surface area (Å²) in [6.07, 6.45) is 9.53. The van der Waals surface area contributed by atoms with Crippen LogP contribution in [0, 0.1) is 23.2 Å². The lowest BCUT2D eigenvalue weighted by Gasteiger charge is -2.42. The zero-order valence-corrected chi connectivity index (χ0v) is 14.8. The molecule has 0 bridgehead atoms. The first-order valence-corrected chi connectivity index (χ1v) is 9.33. The number of hydrogen-bond donors (Lipinski definition) is 1. The fourth-order valence-corrected chi connectivity index (χ4v) is 4.42. The average molecular weight is 296 g/mol. The van der Waals surface area contributed by atoms with Gasteiger partial charge in [0.05, 0.1) is 6.61 Å². The monoisotopic (exact) mass is 295 g/mol. The van der Waals surface area contributed by atoms with Gasteiger partial charge in [0.15, 0.2) is 0 Å². The molecule has 0 aromatic rings. The molecule has 1 aliphatic heterocycles. The molecule has 124 valence electrons. The fraction of sp³-hybridized carbons (Fsp3) is 1.00. The van der Waals surface area contributed by atoms with Gasteiger partial charge < -0.3 is 10.1 Å². The molecule has 2 atom stereocenters. The topological polar surface area (TPSA) is 21.3 Å². The van der Waals surface area contributed by atoms with Crippen LogP contribution in [0.2, 0.25) is 0 Å². The second kappa shape index (κ2) is 7.97. The van der Waals surface area contributed by atoms with E-state index in [9.17, 15) is 0 Å². The van der Waals surface area contributed by atoms with E-state index in [4.69, 9.17) is 4.74 Å². The van der Waals surface area contributed by atoms with Crippen molar-refractivity contribution >= 4 is 0 Å². The van der Waals surface area contributed by atoms with E-state index in [0.717, 1.165) is 31.0 Å². The summed E-state index contributed by atoms with van der Waals surface area (Å²) < 4.78 is 5.77. The lowest BCUT2D eigenvalue weighted by atomic mass is 9.67. The Morgan fingerprint density at radius 3 is 2.29 bits per heavy atom. The van der Waals surface area contributed by atoms with Crippen molar-refractivity contribution in [2.45, 2.75) is 78.7 Å². The van der Waals surface area contributed by atoms with Gasteiger partial charge in [0, 0.05) is 12.6 Å². The molecular weight excluding hydrogens is 258 g/mol. The van der Waals surface area contributed by atoms with E-state index < -0.39 is 0 Å². The lowest BCUT2D eigenvalue weighted by Crippen LogP contribution is -2.47. The highest BCUT2D eigenvalue weighted by Crippen LogP contribution is 2.42. The summed E-state index contributed by atoms with van der Waals surface area (Å²) in [5.41, 5.74) is 0.491. The molecule has 0 radical (unpaired) electrons. The largest absolute Gasteiger partial charge is 0.381 e. The molecule has 2 fully saturated rings. The van der Waals surface area contributed by atoms with E-state index in [2.05, 4.69) is 33.0 Å². The Balaban J connectivity index is 1.91. The molecule has 1 heterocycles. The van der Waals surface area contributed by atoms with Gasteiger partial charge in [0.25, 0.3) is 0 Å². The first kappa shape index (κ1) is 17.3. The fourth-order valence-electron chi connectivity index (χ4n) is 4.42. The summed E-state index contributed by atoms with van der Waals surface area (Å²) in [6, 6.07) is 0.700. The van der Waals surface area contributed by atoms with Crippen LogP contribution in [0.25, 0.3) is 0 Å². The zero-order valence-electron chi connectivity index (χ0n) is 14.8. The van der Waals surface area contributed by atoms with Gasteiger partial charge >= 0.3 is 0 Å². The normalized spacial score (nSPS) is 32.9. The molecule has 1 saturated heterocycles. The van der Waals surface area contributed by atoms with E-state index in [1.54, 1.807) is 0 Å². The maximum atomic E-state index is 5.77. The quantitative estimate of drug-likeness (QED) is 0.798. The van der Waals surface area contributed by atoms with E-state index in [-0.39, 0.29) is 0 Å². The van der Waals surface area contributed by atoms with Crippen molar-refractivity contribution in [1.29, 1.82) is 0 Å². The Morgan fingerprint density at radius 1 is 1.05 bits per heavy atom. The molecular formula is C19H37NO. The van der Waals surface area contributed by atoms with Crippen LogP contribution in [-0.4, -0.2) is 25.8 Å². The molecule has 0 aromatic heterocycles. The van der Waals surface area contributed by atoms with Crippen LogP contribution in [-0.2, 0) is 4.74 Å². The first-order chi connectivity index (χ1) is 10.0. The van der Waals surface area contributed by atoms with Gasteiger partial charge in [-0.1, -0.05) is 27.7 Å². The van der Waals surface area contributed by atoms with Crippen LogP contribution < -0.4 is 5.32 Å². The minimum atomic E-state index is 0.491. The first-order valence-electron chi connectivity index (χ1n) is 9.33. The molecule has 2 nitrogen and oxygen atoms in total. The van der Waals surface area contributed by atoms with E-state index in [0.29, 0.717) is 11.5 Å². The van der Waals surface area contributed by atoms with Gasteiger partial charge in [-0.3, -0.25) is 0 Å². The minimum absolute atomic E-state index is 0.491. The molecule has 1 N–H and O–H groups in total. The highest BCUT2D eigenvalue weighted by Gasteiger charge is 2.36. The van der Waals surface area contributed by atoms with Crippen molar-refractivity contribution in [2.75, 3.05) is 19.8 Å². The van der Waals surface area contributed by atoms with Crippen LogP contribution in [0.3, 0.4) is 0 Å². The van der Waals surface area contributed by atoms with Crippen LogP contribution in [0.5, 0.6) is 0 Å². The molecule has 2 rings (SSSR count). The molecule has 1 saturated carbocycles. The number of nitrogens with one attached hydrogen (secondary N) is 1. The lowest BCUT2D eigenvalue weighted by molar-refractivity contribution is 0.0187. The smallest absolute Gasteiger partial charge is 0.0509 e. The van der Waals surface area contributed by atoms with Gasteiger partial charge in [-0.25, -0.2) is 0 Å². The van der Waals surface area contributed by atoms with E-state index in [1.165, 1.54) is 51.5 Å². The summed E-state index contributed by atoms with van der Waals surface area (Å²) >= 11 is 0. The van der Waals surface area contributed by atoms with Gasteiger partial charge in [-0.05, 0) is 74.7 Å². The molecule has 1 aliphatic carbocycles. The third-order valence-electron chi connectivity index (χ3n) is 5.84. The summed E-state index contributed by atoms with van der Waals surface area (Å²) in [5, 5.41) is 3.88. The van der Waals surface area contributed by atoms with Crippen molar-refractivity contribution in [1.82, 2.24) is 5.32 Å². The maximum absolute atomic E-state index is 5.77. The third kappa shape index (κ3) is 4.96. The van der Waals surface area contributed by atoms with Gasteiger partial charge in [0.1, 0.15) is 0 Å². The number of hydrogen-bond acceptors (Lipinski definition) is 2. The summed E-state index contributed by atoms with van der Waals surface area (Å²) in [5.74, 6) is 2.55. The number of ether oxygens (including phenoxy) is 1. The Labute approximate surface area is 132 Å². The van der Waals surface area contributed by atoms with Gasteiger partial charge in [-0.2, -0.15) is 0 Å². The zero-order chi connectivity index (χ0) is 15.3. The van der Waals surface area contributed by atoms with Crippen LogP contribution >= 0.6 is 0 Å². The maximum Gasteiger partial charge on any atom is 0.0509 e. The average Bonchev–Trinajstić information content (AvgIpc) is 2.48. The van der Waals surface area contributed by atoms with Crippen LogP contribution in [0.15, 0.2) is 0 Å². The third-order valence-corrected chi connectivity index (χ3v) is 5.84. The van der Waals surface area contributed by atoms with E-state index in [1.807, 2.05) is 0 Å². The molecule has 2 unspecified atom stereocenters. The highest BCUT2D eigenvalue weighted by molar-refractivity contribution is 4.89. The molecule has 2 heteroatoms. The standard InChI is InChI=1S/C19H37NO/c1-5-12-20-18(16-7-6-13-21-14-16)15-8-10-17(11-9-15)19(2,3)4/h15-18,20H,5-14H2,1-4H3. The van der Waals surface area contributed by atoms with Crippen LogP contribution in [0.4, 0.5) is 0 Å². The van der Waals surface area contributed by atoms with Gasteiger partial charge in [0.2, 0.25) is 0 Å². The molecule has 21 heavy (non-hydrogen) atoms. The summed E-state index contributed by atoms with van der Waals surface area (Å²) in [4.78, 5) is 0. The Bertz CT molecular complexity index is 282. The predicted octanol–water partition coefficient (Wildman–Crippen LogP) is 4.63. The van der Waals surface area contributed by atoms with Crippen molar-refractivity contribution in [3.05, 3.63) is 0 Å². The second-order valence-corrected chi connectivity index (χ2v) is 8.43. The Kier molecular flexibility index (Phi) is 6.55. The molecule has 0 amide bonds. The van der Waals surface area contributed by atoms with Crippen molar-refractivity contribution in [3.8, 4) is 0 Å². The van der Waals surface area contributed by atoms with Crippen molar-refractivity contribution < 1.29 is 4.74 Å². The second-order valence-electron chi connectivity index (χ2n) is 8.43. The van der Waals surface area contributed by atoms with E-state index >= 15 is 0 Å². The highest BCUT2D eigenvalue weighted by atomic mass is 16.5. The minimum Gasteiger partial charge on any atom is -0.381 e. The van der Waals surface area contributed by atoms with Crippen molar-refractivity contribution in [2.24, 2.45) is 23.2 Å². The summed E-state index contributed by atoms with van der Waals surface area (Å²) in [6.45, 7) is 12.7. The van der Waals surface area contributed by atoms with Crippen molar-refractivity contribution in [3.63, 3.8) is 0 Å². The number of rotatable bonds is 5.